The molecule has 0 spiro atoms. The Morgan fingerprint density at radius 3 is 2.61 bits per heavy atom. The second-order valence-electron chi connectivity index (χ2n) is 8.87. The fourth-order valence-electron chi connectivity index (χ4n) is 4.48. The van der Waals surface area contributed by atoms with Crippen molar-refractivity contribution in [1.29, 1.82) is 0 Å². The maximum absolute atomic E-state index is 13.4. The number of hydrogen-bond acceptors (Lipinski definition) is 6. The Hall–Kier alpha value is -3.79. The lowest BCUT2D eigenvalue weighted by atomic mass is 10.0. The molecule has 1 fully saturated rings. The smallest absolute Gasteiger partial charge is 0.267 e. The van der Waals surface area contributed by atoms with Gasteiger partial charge in [0.05, 0.1) is 12.1 Å². The van der Waals surface area contributed by atoms with Gasteiger partial charge in [0.15, 0.2) is 5.75 Å². The van der Waals surface area contributed by atoms with E-state index in [9.17, 15) is 23.9 Å². The normalized spacial score (nSPS) is 13.8. The highest BCUT2D eigenvalue weighted by atomic mass is 19.1. The first-order valence-electron chi connectivity index (χ1n) is 12.0. The van der Waals surface area contributed by atoms with E-state index in [4.69, 9.17) is 5.11 Å². The number of nitrogens with one attached hydrogen (secondary N) is 1. The minimum atomic E-state index is -0.800. The van der Waals surface area contributed by atoms with E-state index in [0.29, 0.717) is 37.9 Å². The summed E-state index contributed by atoms with van der Waals surface area (Å²) in [5, 5.41) is 22.2. The Kier molecular flexibility index (Phi) is 7.94. The van der Waals surface area contributed by atoms with Crippen LogP contribution in [0, 0.1) is 5.82 Å². The Bertz CT molecular complexity index is 1320. The zero-order valence-electron chi connectivity index (χ0n) is 19.9. The third kappa shape index (κ3) is 5.54. The molecule has 0 radical (unpaired) electrons. The van der Waals surface area contributed by atoms with E-state index in [0.717, 1.165) is 24.0 Å². The maximum Gasteiger partial charge on any atom is 0.267 e. The van der Waals surface area contributed by atoms with E-state index in [1.54, 1.807) is 29.3 Å². The van der Waals surface area contributed by atoms with E-state index in [1.165, 1.54) is 16.7 Å². The molecule has 0 unspecified atom stereocenters. The average molecular weight is 497 g/mol. The number of amides is 2. The number of fused-ring (bicyclic) bond motifs is 1. The summed E-state index contributed by atoms with van der Waals surface area (Å²) in [6.07, 6.45) is 4.80. The lowest BCUT2D eigenvalue weighted by Gasteiger charge is -2.26. The number of pyridine rings is 2. The number of carbonyl (C=O) groups excluding carboxylic acids is 2. The van der Waals surface area contributed by atoms with E-state index in [-0.39, 0.29) is 36.9 Å². The van der Waals surface area contributed by atoms with Gasteiger partial charge in [0.1, 0.15) is 16.9 Å². The molecular formula is C26H29FN4O5. The van der Waals surface area contributed by atoms with Crippen molar-refractivity contribution in [2.45, 2.75) is 38.6 Å². The van der Waals surface area contributed by atoms with Crippen molar-refractivity contribution in [3.05, 3.63) is 69.4 Å². The van der Waals surface area contributed by atoms with E-state index in [1.807, 2.05) is 0 Å². The largest absolute Gasteiger partial charge is 0.505 e. The number of aromatic hydroxyl groups is 1. The van der Waals surface area contributed by atoms with Crippen LogP contribution in [0.15, 0.2) is 41.3 Å². The van der Waals surface area contributed by atoms with Crippen LogP contribution in [0.1, 0.15) is 47.2 Å². The molecule has 190 valence electrons. The zero-order valence-corrected chi connectivity index (χ0v) is 19.9. The number of carbonyl (C=O) groups is 2. The molecule has 1 saturated heterocycles. The van der Waals surface area contributed by atoms with Crippen LogP contribution >= 0.6 is 0 Å². The third-order valence-electron chi connectivity index (χ3n) is 6.31. The first-order valence-corrected chi connectivity index (χ1v) is 12.0. The minimum absolute atomic E-state index is 0.0726. The van der Waals surface area contributed by atoms with Crippen molar-refractivity contribution in [3.63, 3.8) is 0 Å². The van der Waals surface area contributed by atoms with Crippen molar-refractivity contribution in [2.24, 2.45) is 0 Å². The highest BCUT2D eigenvalue weighted by Crippen LogP contribution is 2.26. The summed E-state index contributed by atoms with van der Waals surface area (Å²) in [4.78, 5) is 44.3. The summed E-state index contributed by atoms with van der Waals surface area (Å²) in [6.45, 7) is 0.978. The monoisotopic (exact) mass is 496 g/mol. The number of halogens is 1. The van der Waals surface area contributed by atoms with Crippen LogP contribution in [0.4, 0.5) is 4.39 Å². The van der Waals surface area contributed by atoms with Crippen LogP contribution in [-0.4, -0.2) is 62.7 Å². The first kappa shape index (κ1) is 25.3. The van der Waals surface area contributed by atoms with Crippen LogP contribution in [0.25, 0.3) is 11.0 Å². The molecule has 2 aromatic heterocycles. The summed E-state index contributed by atoms with van der Waals surface area (Å²) in [5.74, 6) is -1.57. The molecule has 3 heterocycles. The maximum atomic E-state index is 13.4. The summed E-state index contributed by atoms with van der Waals surface area (Å²) >= 11 is 0. The topological polar surface area (TPSA) is 125 Å². The van der Waals surface area contributed by atoms with Gasteiger partial charge in [0.2, 0.25) is 5.91 Å². The number of nitrogens with zero attached hydrogens (tertiary/aromatic N) is 3. The second kappa shape index (κ2) is 11.3. The Labute approximate surface area is 207 Å². The van der Waals surface area contributed by atoms with Crippen molar-refractivity contribution in [2.75, 3.05) is 26.2 Å². The molecule has 9 nitrogen and oxygen atoms in total. The molecule has 10 heteroatoms. The van der Waals surface area contributed by atoms with Crippen LogP contribution < -0.4 is 10.9 Å². The van der Waals surface area contributed by atoms with Gasteiger partial charge in [-0.2, -0.15) is 0 Å². The van der Waals surface area contributed by atoms with Gasteiger partial charge in [0.25, 0.3) is 11.5 Å². The SMILES string of the molecule is O=C(NCCO)c1c(O)c2ncc(Cc3ccc(F)cc3)cc2n(CCCN2CCCCC2=O)c1=O. The molecule has 1 aliphatic heterocycles. The fraction of sp³-hybridized carbons (Fsp3) is 0.385. The molecular weight excluding hydrogens is 467 g/mol. The molecule has 0 aliphatic carbocycles. The number of aliphatic hydroxyl groups excluding tert-OH is 1. The average Bonchev–Trinajstić information content (AvgIpc) is 2.87. The van der Waals surface area contributed by atoms with Gasteiger partial charge in [-0.1, -0.05) is 12.1 Å². The lowest BCUT2D eigenvalue weighted by molar-refractivity contribution is -0.133. The quantitative estimate of drug-likeness (QED) is 0.416. The first-order chi connectivity index (χ1) is 17.4. The van der Waals surface area contributed by atoms with Gasteiger partial charge in [0, 0.05) is 38.8 Å². The van der Waals surface area contributed by atoms with Gasteiger partial charge in [-0.25, -0.2) is 4.39 Å². The predicted molar refractivity (Wildman–Crippen MR) is 131 cm³/mol. The molecule has 0 atom stereocenters. The molecule has 3 N–H and O–H groups in total. The lowest BCUT2D eigenvalue weighted by Crippen LogP contribution is -2.37. The van der Waals surface area contributed by atoms with Gasteiger partial charge in [-0.3, -0.25) is 19.4 Å². The van der Waals surface area contributed by atoms with Gasteiger partial charge < -0.3 is 25.0 Å². The van der Waals surface area contributed by atoms with Crippen molar-refractivity contribution >= 4 is 22.8 Å². The number of likely N-dealkylation sites (tertiary alicyclic amines) is 1. The molecule has 2 amide bonds. The Morgan fingerprint density at radius 1 is 1.11 bits per heavy atom. The van der Waals surface area contributed by atoms with Crippen molar-refractivity contribution < 1.29 is 24.2 Å². The molecule has 0 saturated carbocycles. The van der Waals surface area contributed by atoms with Gasteiger partial charge in [-0.15, -0.1) is 0 Å². The standard InChI is InChI=1S/C26H29FN4O5/c27-19-7-5-17(6-8-19)14-18-15-20-23(29-16-18)24(34)22(25(35)28-9-13-32)26(36)31(20)12-3-11-30-10-2-1-4-21(30)33/h5-8,15-16,32,34H,1-4,9-14H2,(H,28,35). The van der Waals surface area contributed by atoms with E-state index in [2.05, 4.69) is 10.3 Å². The Morgan fingerprint density at radius 2 is 1.89 bits per heavy atom. The fourth-order valence-corrected chi connectivity index (χ4v) is 4.48. The predicted octanol–water partition coefficient (Wildman–Crippen LogP) is 1.96. The minimum Gasteiger partial charge on any atom is -0.505 e. The third-order valence-corrected chi connectivity index (χ3v) is 6.31. The number of rotatable bonds is 9. The van der Waals surface area contributed by atoms with Crippen LogP contribution in [-0.2, 0) is 17.8 Å². The van der Waals surface area contributed by atoms with E-state index >= 15 is 0 Å². The molecule has 0 bridgehead atoms. The number of aliphatic hydroxyl groups is 1. The summed E-state index contributed by atoms with van der Waals surface area (Å²) in [7, 11) is 0. The number of aryl methyl sites for hydroxylation is 1. The van der Waals surface area contributed by atoms with Crippen LogP contribution in [0.2, 0.25) is 0 Å². The molecule has 4 rings (SSSR count). The van der Waals surface area contributed by atoms with Crippen LogP contribution in [0.5, 0.6) is 5.75 Å². The number of aromatic nitrogens is 2. The number of hydrogen-bond donors (Lipinski definition) is 3. The van der Waals surface area contributed by atoms with Crippen molar-refractivity contribution in [1.82, 2.24) is 19.8 Å². The molecule has 3 aromatic rings. The summed E-state index contributed by atoms with van der Waals surface area (Å²) < 4.78 is 14.7. The zero-order chi connectivity index (χ0) is 25.7. The molecule has 1 aromatic carbocycles. The number of benzene rings is 1. The van der Waals surface area contributed by atoms with Crippen LogP contribution in [0.3, 0.4) is 0 Å². The second-order valence-corrected chi connectivity index (χ2v) is 8.87. The highest BCUT2D eigenvalue weighted by Gasteiger charge is 2.24. The highest BCUT2D eigenvalue weighted by molar-refractivity contribution is 6.01. The Balaban J connectivity index is 1.71. The van der Waals surface area contributed by atoms with Gasteiger partial charge in [-0.05, 0) is 55.0 Å². The molecule has 36 heavy (non-hydrogen) atoms. The number of piperidine rings is 1. The summed E-state index contributed by atoms with van der Waals surface area (Å²) in [6, 6.07) is 7.78. The van der Waals surface area contributed by atoms with Gasteiger partial charge >= 0.3 is 0 Å². The molecule has 1 aliphatic rings. The van der Waals surface area contributed by atoms with E-state index < -0.39 is 22.8 Å². The summed E-state index contributed by atoms with van der Waals surface area (Å²) in [5.41, 5.74) is 0.927. The van der Waals surface area contributed by atoms with Crippen molar-refractivity contribution in [3.8, 4) is 5.75 Å².